The van der Waals surface area contributed by atoms with Gasteiger partial charge in [0, 0.05) is 17.2 Å². The van der Waals surface area contributed by atoms with E-state index in [1.807, 2.05) is 6.07 Å². The number of aromatic nitrogens is 2. The summed E-state index contributed by atoms with van der Waals surface area (Å²) in [7, 11) is 0. The van der Waals surface area contributed by atoms with Crippen LogP contribution in [0.2, 0.25) is 0 Å². The molecule has 3 aromatic rings. The minimum atomic E-state index is -0.625. The molecular formula is C21H15BrN4O3. The number of nitrogens with one attached hydrogen (secondary N) is 1. The standard InChI is InChI=1S/C21H15BrN4O3/c1-2-10-24-19(27)14(13-23)12-17-20(29-16-8-6-15(22)7-9-16)25-18-5-3-4-11-26(18)21(17)28/h2-9,11-12H,1,10H2,(H,24,27). The van der Waals surface area contributed by atoms with E-state index in [0.29, 0.717) is 11.4 Å². The number of benzene rings is 1. The first-order valence-electron chi connectivity index (χ1n) is 8.49. The lowest BCUT2D eigenvalue weighted by Crippen LogP contribution is -2.25. The molecule has 1 aromatic carbocycles. The highest BCUT2D eigenvalue weighted by Crippen LogP contribution is 2.25. The number of pyridine rings is 1. The summed E-state index contributed by atoms with van der Waals surface area (Å²) >= 11 is 3.35. The SMILES string of the molecule is C=CCNC(=O)C(C#N)=Cc1c(Oc2ccc(Br)cc2)nc2ccccn2c1=O. The number of carbonyl (C=O) groups is 1. The smallest absolute Gasteiger partial charge is 0.269 e. The third-order valence-corrected chi connectivity index (χ3v) is 4.35. The van der Waals surface area contributed by atoms with Crippen LogP contribution in [0.4, 0.5) is 0 Å². The van der Waals surface area contributed by atoms with Crippen LogP contribution >= 0.6 is 15.9 Å². The van der Waals surface area contributed by atoms with E-state index >= 15 is 0 Å². The molecule has 0 atom stereocenters. The van der Waals surface area contributed by atoms with Gasteiger partial charge in [-0.3, -0.25) is 14.0 Å². The van der Waals surface area contributed by atoms with Gasteiger partial charge in [-0.15, -0.1) is 6.58 Å². The average Bonchev–Trinajstić information content (AvgIpc) is 2.73. The number of rotatable bonds is 6. The van der Waals surface area contributed by atoms with Gasteiger partial charge < -0.3 is 10.1 Å². The molecule has 0 aliphatic heterocycles. The Bertz CT molecular complexity index is 1210. The van der Waals surface area contributed by atoms with Crippen molar-refractivity contribution in [2.75, 3.05) is 6.54 Å². The number of hydrogen-bond donors (Lipinski definition) is 1. The molecule has 0 saturated carbocycles. The summed E-state index contributed by atoms with van der Waals surface area (Å²) in [5, 5.41) is 11.9. The maximum absolute atomic E-state index is 13.0. The average molecular weight is 451 g/mol. The minimum absolute atomic E-state index is 0.00667. The van der Waals surface area contributed by atoms with Crippen LogP contribution in [0.1, 0.15) is 5.56 Å². The topological polar surface area (TPSA) is 96.5 Å². The largest absolute Gasteiger partial charge is 0.438 e. The Labute approximate surface area is 174 Å². The molecule has 0 radical (unpaired) electrons. The number of carbonyl (C=O) groups excluding carboxylic acids is 1. The monoisotopic (exact) mass is 450 g/mol. The highest BCUT2D eigenvalue weighted by molar-refractivity contribution is 9.10. The van der Waals surface area contributed by atoms with Gasteiger partial charge >= 0.3 is 0 Å². The predicted octanol–water partition coefficient (Wildman–Crippen LogP) is 3.46. The fourth-order valence-electron chi connectivity index (χ4n) is 2.45. The summed E-state index contributed by atoms with van der Waals surface area (Å²) in [6.45, 7) is 3.70. The molecule has 2 heterocycles. The van der Waals surface area contributed by atoms with Crippen LogP contribution in [-0.4, -0.2) is 21.8 Å². The van der Waals surface area contributed by atoms with Crippen LogP contribution in [0.15, 0.2) is 76.2 Å². The molecule has 0 bridgehead atoms. The molecular weight excluding hydrogens is 436 g/mol. The Balaban J connectivity index is 2.16. The zero-order valence-corrected chi connectivity index (χ0v) is 16.7. The Morgan fingerprint density at radius 3 is 2.76 bits per heavy atom. The lowest BCUT2D eigenvalue weighted by atomic mass is 10.1. The maximum atomic E-state index is 13.0. The van der Waals surface area contributed by atoms with E-state index in [-0.39, 0.29) is 23.6 Å². The van der Waals surface area contributed by atoms with Gasteiger partial charge in [0.2, 0.25) is 5.88 Å². The zero-order valence-electron chi connectivity index (χ0n) is 15.1. The number of nitrogens with zero attached hydrogens (tertiary/aromatic N) is 3. The molecule has 0 aliphatic carbocycles. The lowest BCUT2D eigenvalue weighted by molar-refractivity contribution is -0.116. The van der Waals surface area contributed by atoms with E-state index in [1.165, 1.54) is 16.6 Å². The summed E-state index contributed by atoms with van der Waals surface area (Å²) in [6, 6.07) is 13.9. The number of ether oxygens (including phenoxy) is 1. The van der Waals surface area contributed by atoms with Crippen molar-refractivity contribution >= 4 is 33.6 Å². The van der Waals surface area contributed by atoms with Gasteiger partial charge in [-0.05, 0) is 42.5 Å². The van der Waals surface area contributed by atoms with Crippen molar-refractivity contribution in [1.29, 1.82) is 5.26 Å². The first kappa shape index (κ1) is 20.0. The molecule has 144 valence electrons. The third-order valence-electron chi connectivity index (χ3n) is 3.82. The molecule has 8 heteroatoms. The van der Waals surface area contributed by atoms with E-state index in [4.69, 9.17) is 4.74 Å². The van der Waals surface area contributed by atoms with E-state index in [1.54, 1.807) is 48.7 Å². The van der Waals surface area contributed by atoms with Crippen molar-refractivity contribution in [3.8, 4) is 17.7 Å². The second-order valence-corrected chi connectivity index (χ2v) is 6.70. The van der Waals surface area contributed by atoms with Crippen LogP contribution in [-0.2, 0) is 4.79 Å². The Morgan fingerprint density at radius 1 is 1.31 bits per heavy atom. The van der Waals surface area contributed by atoms with Crippen molar-refractivity contribution in [3.63, 3.8) is 0 Å². The fraction of sp³-hybridized carbons (Fsp3) is 0.0476. The molecule has 2 aromatic heterocycles. The number of nitriles is 1. The van der Waals surface area contributed by atoms with Crippen LogP contribution in [0.5, 0.6) is 11.6 Å². The molecule has 29 heavy (non-hydrogen) atoms. The van der Waals surface area contributed by atoms with Crippen molar-refractivity contribution in [3.05, 3.63) is 87.3 Å². The molecule has 3 rings (SSSR count). The first-order valence-corrected chi connectivity index (χ1v) is 9.28. The van der Waals surface area contributed by atoms with E-state index in [9.17, 15) is 14.9 Å². The van der Waals surface area contributed by atoms with E-state index in [2.05, 4.69) is 32.8 Å². The predicted molar refractivity (Wildman–Crippen MR) is 112 cm³/mol. The van der Waals surface area contributed by atoms with Gasteiger partial charge in [-0.1, -0.05) is 28.1 Å². The second-order valence-electron chi connectivity index (χ2n) is 5.79. The minimum Gasteiger partial charge on any atom is -0.438 e. The van der Waals surface area contributed by atoms with Gasteiger partial charge in [-0.2, -0.15) is 10.2 Å². The van der Waals surface area contributed by atoms with Gasteiger partial charge in [-0.25, -0.2) is 0 Å². The van der Waals surface area contributed by atoms with Crippen LogP contribution < -0.4 is 15.6 Å². The molecule has 0 unspecified atom stereocenters. The van der Waals surface area contributed by atoms with Crippen molar-refractivity contribution in [2.24, 2.45) is 0 Å². The highest BCUT2D eigenvalue weighted by atomic mass is 79.9. The van der Waals surface area contributed by atoms with Crippen LogP contribution in [0.3, 0.4) is 0 Å². The Hall–Kier alpha value is -3.70. The molecule has 0 aliphatic rings. The molecule has 7 nitrogen and oxygen atoms in total. The quantitative estimate of drug-likeness (QED) is 0.352. The maximum Gasteiger partial charge on any atom is 0.269 e. The lowest BCUT2D eigenvalue weighted by Gasteiger charge is -2.10. The van der Waals surface area contributed by atoms with Crippen molar-refractivity contribution in [2.45, 2.75) is 0 Å². The molecule has 1 amide bonds. The molecule has 0 spiro atoms. The summed E-state index contributed by atoms with van der Waals surface area (Å²) in [5.41, 5.74) is -0.354. The summed E-state index contributed by atoms with van der Waals surface area (Å²) in [4.78, 5) is 29.6. The van der Waals surface area contributed by atoms with Gasteiger partial charge in [0.05, 0.1) is 0 Å². The fourth-order valence-corrected chi connectivity index (χ4v) is 2.72. The van der Waals surface area contributed by atoms with Crippen LogP contribution in [0.25, 0.3) is 11.7 Å². The number of hydrogen-bond acceptors (Lipinski definition) is 5. The summed E-state index contributed by atoms with van der Waals surface area (Å²) in [6.07, 6.45) is 4.22. The summed E-state index contributed by atoms with van der Waals surface area (Å²) < 4.78 is 7.99. The highest BCUT2D eigenvalue weighted by Gasteiger charge is 2.17. The molecule has 1 N–H and O–H groups in total. The Morgan fingerprint density at radius 2 is 2.07 bits per heavy atom. The first-order chi connectivity index (χ1) is 14.0. The number of amides is 1. The second kappa shape index (κ2) is 8.99. The third kappa shape index (κ3) is 4.59. The molecule has 0 saturated heterocycles. The van der Waals surface area contributed by atoms with Gasteiger partial charge in [0.25, 0.3) is 11.5 Å². The Kier molecular flexibility index (Phi) is 6.22. The van der Waals surface area contributed by atoms with Gasteiger partial charge in [0.1, 0.15) is 28.6 Å². The molecule has 0 fully saturated rings. The van der Waals surface area contributed by atoms with Crippen molar-refractivity contribution in [1.82, 2.24) is 14.7 Å². The normalized spacial score (nSPS) is 11.0. The van der Waals surface area contributed by atoms with E-state index in [0.717, 1.165) is 4.47 Å². The number of fused-ring (bicyclic) bond motifs is 1. The zero-order chi connectivity index (χ0) is 20.8. The van der Waals surface area contributed by atoms with Gasteiger partial charge in [0.15, 0.2) is 0 Å². The van der Waals surface area contributed by atoms with Crippen molar-refractivity contribution < 1.29 is 9.53 Å². The van der Waals surface area contributed by atoms with E-state index < -0.39 is 11.5 Å². The summed E-state index contributed by atoms with van der Waals surface area (Å²) in [5.74, 6) is -0.183. The number of halogens is 1. The van der Waals surface area contributed by atoms with Crippen LogP contribution in [0, 0.1) is 11.3 Å².